The number of hydrogen-bond acceptors (Lipinski definition) is 7. The third kappa shape index (κ3) is 3.18. The first kappa shape index (κ1) is 18.9. The standard InChI is InChI=1S/C25H20N2O5/c1-15-24-18(12-27(13-29-24)11-17-3-2-6-26-10-17)9-19-23(28)22(32-25(15)19)8-16-4-5-20-21(7-16)31-14-30-20/h2-10H,11-14H2,1H3/b22-8-. The van der Waals surface area contributed by atoms with E-state index in [1.165, 1.54) is 0 Å². The molecule has 7 nitrogen and oxygen atoms in total. The number of Topliss-reactive ketones (excluding diaryl/α,β-unsaturated/α-hetero) is 1. The van der Waals surface area contributed by atoms with Crippen LogP contribution >= 0.6 is 0 Å². The summed E-state index contributed by atoms with van der Waals surface area (Å²) in [6.45, 7) is 4.02. The molecule has 160 valence electrons. The van der Waals surface area contributed by atoms with Gasteiger partial charge in [-0.1, -0.05) is 12.1 Å². The largest absolute Gasteiger partial charge is 0.477 e. The van der Waals surface area contributed by atoms with Crippen molar-refractivity contribution < 1.29 is 23.7 Å². The van der Waals surface area contributed by atoms with Gasteiger partial charge in [0, 0.05) is 36.6 Å². The summed E-state index contributed by atoms with van der Waals surface area (Å²) in [4.78, 5) is 19.5. The minimum atomic E-state index is -0.132. The molecular weight excluding hydrogens is 408 g/mol. The van der Waals surface area contributed by atoms with Gasteiger partial charge in [0.15, 0.2) is 17.3 Å². The van der Waals surface area contributed by atoms with Crippen LogP contribution in [-0.2, 0) is 13.1 Å². The summed E-state index contributed by atoms with van der Waals surface area (Å²) in [6.07, 6.45) is 5.35. The van der Waals surface area contributed by atoms with Gasteiger partial charge in [0.1, 0.15) is 18.2 Å². The minimum Gasteiger partial charge on any atom is -0.477 e. The number of hydrogen-bond donors (Lipinski definition) is 0. The zero-order chi connectivity index (χ0) is 21.7. The van der Waals surface area contributed by atoms with Crippen molar-refractivity contribution >= 4 is 11.9 Å². The predicted molar refractivity (Wildman–Crippen MR) is 116 cm³/mol. The molecule has 4 heterocycles. The Bertz CT molecular complexity index is 1270. The molecule has 3 aliphatic heterocycles. The molecule has 0 spiro atoms. The molecule has 0 saturated heterocycles. The molecule has 3 aliphatic rings. The molecule has 0 atom stereocenters. The molecule has 0 amide bonds. The van der Waals surface area contributed by atoms with Crippen LogP contribution in [0.4, 0.5) is 0 Å². The van der Waals surface area contributed by atoms with Gasteiger partial charge >= 0.3 is 0 Å². The first-order valence-corrected chi connectivity index (χ1v) is 10.4. The van der Waals surface area contributed by atoms with Gasteiger partial charge in [0.25, 0.3) is 0 Å². The monoisotopic (exact) mass is 428 g/mol. The highest BCUT2D eigenvalue weighted by Gasteiger charge is 2.33. The zero-order valence-corrected chi connectivity index (χ0v) is 17.5. The molecule has 0 unspecified atom stereocenters. The van der Waals surface area contributed by atoms with E-state index < -0.39 is 0 Å². The maximum Gasteiger partial charge on any atom is 0.231 e. The Morgan fingerprint density at radius 3 is 2.88 bits per heavy atom. The van der Waals surface area contributed by atoms with Crippen molar-refractivity contribution in [3.8, 4) is 23.0 Å². The SMILES string of the molecule is Cc1c2c(cc3c1O/C(=C\c1ccc4c(c1)OCO4)C3=O)CN(Cc1cccnc1)CO2. The average Bonchev–Trinajstić information content (AvgIpc) is 3.39. The van der Waals surface area contributed by atoms with Crippen molar-refractivity contribution in [2.45, 2.75) is 20.0 Å². The van der Waals surface area contributed by atoms with E-state index in [1.54, 1.807) is 12.3 Å². The Morgan fingerprint density at radius 1 is 1.09 bits per heavy atom. The molecule has 0 saturated carbocycles. The van der Waals surface area contributed by atoms with E-state index in [-0.39, 0.29) is 18.3 Å². The second-order valence-corrected chi connectivity index (χ2v) is 8.04. The van der Waals surface area contributed by atoms with Gasteiger partial charge in [-0.15, -0.1) is 0 Å². The quantitative estimate of drug-likeness (QED) is 0.582. The summed E-state index contributed by atoms with van der Waals surface area (Å²) >= 11 is 0. The summed E-state index contributed by atoms with van der Waals surface area (Å²) in [7, 11) is 0. The van der Waals surface area contributed by atoms with E-state index in [9.17, 15) is 4.79 Å². The molecule has 6 rings (SSSR count). The van der Waals surface area contributed by atoms with Gasteiger partial charge in [0.2, 0.25) is 12.6 Å². The lowest BCUT2D eigenvalue weighted by Crippen LogP contribution is -2.32. The number of nitrogens with zero attached hydrogens (tertiary/aromatic N) is 2. The maximum absolute atomic E-state index is 13.1. The summed E-state index contributed by atoms with van der Waals surface area (Å²) in [6, 6.07) is 11.4. The lowest BCUT2D eigenvalue weighted by molar-refractivity contribution is 0.0876. The highest BCUT2D eigenvalue weighted by Crippen LogP contribution is 2.43. The number of ether oxygens (including phenoxy) is 4. The summed E-state index contributed by atoms with van der Waals surface area (Å²) in [5.41, 5.74) is 4.33. The maximum atomic E-state index is 13.1. The van der Waals surface area contributed by atoms with Crippen LogP contribution in [0.3, 0.4) is 0 Å². The minimum absolute atomic E-state index is 0.132. The molecule has 3 aromatic rings. The number of carbonyl (C=O) groups is 1. The zero-order valence-electron chi connectivity index (χ0n) is 17.5. The number of pyridine rings is 1. The van der Waals surface area contributed by atoms with Gasteiger partial charge in [-0.05, 0) is 48.4 Å². The molecule has 7 heteroatoms. The van der Waals surface area contributed by atoms with Crippen molar-refractivity contribution in [2.75, 3.05) is 13.5 Å². The van der Waals surface area contributed by atoms with Crippen molar-refractivity contribution in [1.29, 1.82) is 0 Å². The van der Waals surface area contributed by atoms with Crippen LogP contribution in [0.1, 0.15) is 32.6 Å². The Labute approximate surface area is 184 Å². The second kappa shape index (κ2) is 7.39. The number of ketones is 1. The molecule has 1 aromatic heterocycles. The average molecular weight is 428 g/mol. The van der Waals surface area contributed by atoms with Crippen molar-refractivity contribution in [3.63, 3.8) is 0 Å². The fourth-order valence-corrected chi connectivity index (χ4v) is 4.30. The van der Waals surface area contributed by atoms with Crippen LogP contribution in [0.5, 0.6) is 23.0 Å². The van der Waals surface area contributed by atoms with E-state index in [1.807, 2.05) is 49.5 Å². The molecule has 2 aromatic carbocycles. The molecule has 0 N–H and O–H groups in total. The Balaban J connectivity index is 1.28. The highest BCUT2D eigenvalue weighted by atomic mass is 16.7. The number of fused-ring (bicyclic) bond motifs is 3. The van der Waals surface area contributed by atoms with E-state index >= 15 is 0 Å². The molecule has 32 heavy (non-hydrogen) atoms. The number of rotatable bonds is 3. The van der Waals surface area contributed by atoms with Crippen LogP contribution in [0.2, 0.25) is 0 Å². The van der Waals surface area contributed by atoms with Crippen LogP contribution in [0.15, 0.2) is 54.6 Å². The fourth-order valence-electron chi connectivity index (χ4n) is 4.30. The van der Waals surface area contributed by atoms with Gasteiger partial charge in [-0.25, -0.2) is 0 Å². The third-order valence-corrected chi connectivity index (χ3v) is 5.83. The number of carbonyl (C=O) groups excluding carboxylic acids is 1. The highest BCUT2D eigenvalue weighted by molar-refractivity contribution is 6.15. The van der Waals surface area contributed by atoms with Crippen molar-refractivity contribution in [2.24, 2.45) is 0 Å². The molecular formula is C25H20N2O5. The van der Waals surface area contributed by atoms with Crippen LogP contribution in [0, 0.1) is 6.92 Å². The fraction of sp³-hybridized carbons (Fsp3) is 0.200. The van der Waals surface area contributed by atoms with Crippen LogP contribution in [-0.4, -0.2) is 29.2 Å². The Morgan fingerprint density at radius 2 is 2.00 bits per heavy atom. The van der Waals surface area contributed by atoms with E-state index in [0.717, 1.165) is 34.5 Å². The molecule has 0 aliphatic carbocycles. The van der Waals surface area contributed by atoms with Gasteiger partial charge in [-0.3, -0.25) is 14.7 Å². The number of benzene rings is 2. The molecule has 0 fully saturated rings. The summed E-state index contributed by atoms with van der Waals surface area (Å²) < 4.78 is 22.8. The van der Waals surface area contributed by atoms with E-state index in [2.05, 4.69) is 9.88 Å². The normalized spacial score (nSPS) is 17.7. The van der Waals surface area contributed by atoms with Gasteiger partial charge < -0.3 is 18.9 Å². The lowest BCUT2D eigenvalue weighted by Gasteiger charge is -2.30. The third-order valence-electron chi connectivity index (χ3n) is 5.83. The predicted octanol–water partition coefficient (Wildman–Crippen LogP) is 4.09. The second-order valence-electron chi connectivity index (χ2n) is 8.04. The topological polar surface area (TPSA) is 70.1 Å². The first-order valence-electron chi connectivity index (χ1n) is 10.4. The smallest absolute Gasteiger partial charge is 0.231 e. The number of allylic oxidation sites excluding steroid dienone is 1. The first-order chi connectivity index (χ1) is 15.7. The van der Waals surface area contributed by atoms with Gasteiger partial charge in [-0.2, -0.15) is 0 Å². The van der Waals surface area contributed by atoms with Crippen LogP contribution in [0.25, 0.3) is 6.08 Å². The lowest BCUT2D eigenvalue weighted by atomic mass is 10.00. The van der Waals surface area contributed by atoms with E-state index in [0.29, 0.717) is 36.1 Å². The summed E-state index contributed by atoms with van der Waals surface area (Å²) in [5.74, 6) is 2.89. The Hall–Kier alpha value is -3.84. The molecule has 0 radical (unpaired) electrons. The van der Waals surface area contributed by atoms with Crippen molar-refractivity contribution in [3.05, 3.63) is 82.4 Å². The Kier molecular flexibility index (Phi) is 4.36. The molecule has 0 bridgehead atoms. The summed E-state index contributed by atoms with van der Waals surface area (Å²) in [5, 5.41) is 0. The van der Waals surface area contributed by atoms with E-state index in [4.69, 9.17) is 18.9 Å². The van der Waals surface area contributed by atoms with Crippen LogP contribution < -0.4 is 18.9 Å². The number of aromatic nitrogens is 1. The van der Waals surface area contributed by atoms with Gasteiger partial charge in [0.05, 0.1) is 5.56 Å². The van der Waals surface area contributed by atoms with Crippen molar-refractivity contribution in [1.82, 2.24) is 9.88 Å².